The summed E-state index contributed by atoms with van der Waals surface area (Å²) in [6, 6.07) is 9.01. The number of rotatable bonds is 3. The van der Waals surface area contributed by atoms with Crippen LogP contribution in [-0.2, 0) is 14.4 Å². The molecule has 7 nitrogen and oxygen atoms in total. The Morgan fingerprint density at radius 3 is 2.14 bits per heavy atom. The molecule has 1 aromatic carbocycles. The minimum absolute atomic E-state index is 0.0725. The number of carboxylic acids is 1. The van der Waals surface area contributed by atoms with Gasteiger partial charge in [-0.15, -0.1) is 0 Å². The van der Waals surface area contributed by atoms with E-state index in [-0.39, 0.29) is 25.6 Å². The van der Waals surface area contributed by atoms with E-state index in [9.17, 15) is 14.4 Å². The summed E-state index contributed by atoms with van der Waals surface area (Å²) in [6.45, 7) is 1.01. The van der Waals surface area contributed by atoms with E-state index < -0.39 is 11.9 Å². The Morgan fingerprint density at radius 1 is 1.00 bits per heavy atom. The first-order valence-electron chi connectivity index (χ1n) is 6.56. The Morgan fingerprint density at radius 2 is 1.57 bits per heavy atom. The number of hydrogen-bond acceptors (Lipinski definition) is 4. The zero-order valence-electron chi connectivity index (χ0n) is 11.4. The molecule has 0 aliphatic carbocycles. The lowest BCUT2D eigenvalue weighted by atomic mass is 10.3. The van der Waals surface area contributed by atoms with E-state index in [1.54, 1.807) is 17.0 Å². The Kier molecular flexibility index (Phi) is 4.76. The van der Waals surface area contributed by atoms with Gasteiger partial charge in [-0.1, -0.05) is 18.2 Å². The molecule has 2 rings (SSSR count). The molecule has 1 fully saturated rings. The lowest BCUT2D eigenvalue weighted by Gasteiger charge is -2.33. The molecule has 1 aliphatic heterocycles. The van der Waals surface area contributed by atoms with Crippen LogP contribution in [0.5, 0.6) is 5.75 Å². The van der Waals surface area contributed by atoms with E-state index in [1.165, 1.54) is 4.90 Å². The lowest BCUT2D eigenvalue weighted by molar-refractivity contribution is -0.157. The largest absolute Gasteiger partial charge is 0.484 e. The van der Waals surface area contributed by atoms with Gasteiger partial charge >= 0.3 is 11.9 Å². The normalized spacial score (nSPS) is 14.7. The highest BCUT2D eigenvalue weighted by atomic mass is 16.5. The van der Waals surface area contributed by atoms with Crippen LogP contribution in [0.15, 0.2) is 30.3 Å². The summed E-state index contributed by atoms with van der Waals surface area (Å²) in [5, 5.41) is 8.63. The van der Waals surface area contributed by atoms with Gasteiger partial charge in [-0.3, -0.25) is 9.59 Å². The molecule has 21 heavy (non-hydrogen) atoms. The van der Waals surface area contributed by atoms with Crippen LogP contribution in [0, 0.1) is 0 Å². The summed E-state index contributed by atoms with van der Waals surface area (Å²) in [6.07, 6.45) is 0. The molecule has 0 aromatic heterocycles. The number of carbonyl (C=O) groups is 3. The molecule has 7 heteroatoms. The van der Waals surface area contributed by atoms with Crippen LogP contribution >= 0.6 is 0 Å². The van der Waals surface area contributed by atoms with Crippen molar-refractivity contribution >= 4 is 17.8 Å². The summed E-state index contributed by atoms with van der Waals surface area (Å²) in [4.78, 5) is 36.6. The summed E-state index contributed by atoms with van der Waals surface area (Å²) >= 11 is 0. The predicted octanol–water partition coefficient (Wildman–Crippen LogP) is -0.179. The van der Waals surface area contributed by atoms with E-state index in [0.29, 0.717) is 18.8 Å². The second-order valence-corrected chi connectivity index (χ2v) is 4.58. The van der Waals surface area contributed by atoms with Crippen molar-refractivity contribution in [3.05, 3.63) is 30.3 Å². The van der Waals surface area contributed by atoms with E-state index in [4.69, 9.17) is 9.84 Å². The van der Waals surface area contributed by atoms with Gasteiger partial charge in [0.2, 0.25) is 0 Å². The molecular formula is C14H16N2O5. The number of para-hydroxylation sites is 1. The average Bonchev–Trinajstić information content (AvgIpc) is 2.53. The second kappa shape index (κ2) is 6.74. The van der Waals surface area contributed by atoms with Crippen molar-refractivity contribution in [2.75, 3.05) is 32.8 Å². The van der Waals surface area contributed by atoms with Crippen molar-refractivity contribution in [1.29, 1.82) is 0 Å². The lowest BCUT2D eigenvalue weighted by Crippen LogP contribution is -2.53. The Balaban J connectivity index is 1.78. The number of aliphatic carboxylic acids is 1. The summed E-state index contributed by atoms with van der Waals surface area (Å²) in [5.41, 5.74) is 0. The van der Waals surface area contributed by atoms with Crippen molar-refractivity contribution in [2.45, 2.75) is 0 Å². The van der Waals surface area contributed by atoms with Gasteiger partial charge in [-0.2, -0.15) is 0 Å². The van der Waals surface area contributed by atoms with Crippen LogP contribution in [0.3, 0.4) is 0 Å². The highest BCUT2D eigenvalue weighted by Crippen LogP contribution is 2.09. The molecule has 1 aliphatic rings. The number of hydrogen-bond donors (Lipinski definition) is 1. The highest BCUT2D eigenvalue weighted by Gasteiger charge is 2.27. The predicted molar refractivity (Wildman–Crippen MR) is 72.7 cm³/mol. The van der Waals surface area contributed by atoms with Gasteiger partial charge in [-0.25, -0.2) is 4.79 Å². The number of nitrogens with zero attached hydrogens (tertiary/aromatic N) is 2. The fourth-order valence-electron chi connectivity index (χ4n) is 2.05. The quantitative estimate of drug-likeness (QED) is 0.781. The molecule has 0 spiro atoms. The van der Waals surface area contributed by atoms with Gasteiger partial charge in [0.05, 0.1) is 0 Å². The summed E-state index contributed by atoms with van der Waals surface area (Å²) in [7, 11) is 0. The number of ether oxygens (including phenoxy) is 1. The standard InChI is InChI=1S/C14H16N2O5/c17-12(10-21-11-4-2-1-3-5-11)15-6-8-16(9-7-15)13(18)14(19)20/h1-5H,6-10H2,(H,19,20). The molecule has 0 radical (unpaired) electrons. The van der Waals surface area contributed by atoms with Gasteiger partial charge < -0.3 is 19.6 Å². The van der Waals surface area contributed by atoms with Crippen molar-refractivity contribution in [2.24, 2.45) is 0 Å². The topological polar surface area (TPSA) is 87.2 Å². The summed E-state index contributed by atoms with van der Waals surface area (Å²) < 4.78 is 5.37. The van der Waals surface area contributed by atoms with E-state index in [1.807, 2.05) is 18.2 Å². The Hall–Kier alpha value is -2.57. The van der Waals surface area contributed by atoms with Crippen LogP contribution in [-0.4, -0.2) is 65.5 Å². The molecule has 1 N–H and O–H groups in total. The summed E-state index contributed by atoms with van der Waals surface area (Å²) in [5.74, 6) is -1.96. The van der Waals surface area contributed by atoms with Crippen molar-refractivity contribution in [1.82, 2.24) is 9.80 Å². The average molecular weight is 292 g/mol. The molecule has 1 heterocycles. The molecule has 2 amide bonds. The first-order chi connectivity index (χ1) is 10.1. The van der Waals surface area contributed by atoms with E-state index >= 15 is 0 Å². The van der Waals surface area contributed by atoms with Gasteiger partial charge in [-0.05, 0) is 12.1 Å². The molecule has 0 saturated carbocycles. The van der Waals surface area contributed by atoms with Crippen LogP contribution < -0.4 is 4.74 Å². The Labute approximate surface area is 121 Å². The van der Waals surface area contributed by atoms with E-state index in [2.05, 4.69) is 0 Å². The van der Waals surface area contributed by atoms with Gasteiger partial charge in [0.1, 0.15) is 5.75 Å². The highest BCUT2D eigenvalue weighted by molar-refractivity contribution is 6.31. The molecule has 112 valence electrons. The van der Waals surface area contributed by atoms with Crippen LogP contribution in [0.2, 0.25) is 0 Å². The van der Waals surface area contributed by atoms with Gasteiger partial charge in [0.15, 0.2) is 6.61 Å². The SMILES string of the molecule is O=C(O)C(=O)N1CCN(C(=O)COc2ccccc2)CC1. The zero-order valence-corrected chi connectivity index (χ0v) is 11.4. The number of piperazine rings is 1. The molecule has 1 aromatic rings. The van der Waals surface area contributed by atoms with Crippen molar-refractivity contribution in [3.63, 3.8) is 0 Å². The zero-order chi connectivity index (χ0) is 15.2. The van der Waals surface area contributed by atoms with E-state index in [0.717, 1.165) is 0 Å². The smallest absolute Gasteiger partial charge is 0.394 e. The Bertz CT molecular complexity index is 523. The van der Waals surface area contributed by atoms with Crippen molar-refractivity contribution < 1.29 is 24.2 Å². The fraction of sp³-hybridized carbons (Fsp3) is 0.357. The molecular weight excluding hydrogens is 276 g/mol. The maximum absolute atomic E-state index is 12.0. The third-order valence-corrected chi connectivity index (χ3v) is 3.21. The molecule has 1 saturated heterocycles. The first kappa shape index (κ1) is 14.8. The number of carboxylic acid groups (broad SMARTS) is 1. The van der Waals surface area contributed by atoms with Gasteiger partial charge in [0.25, 0.3) is 5.91 Å². The minimum atomic E-state index is -1.47. The maximum Gasteiger partial charge on any atom is 0.394 e. The third kappa shape index (κ3) is 3.95. The second-order valence-electron chi connectivity index (χ2n) is 4.58. The van der Waals surface area contributed by atoms with Gasteiger partial charge in [0, 0.05) is 26.2 Å². The van der Waals surface area contributed by atoms with Crippen LogP contribution in [0.25, 0.3) is 0 Å². The number of benzene rings is 1. The monoisotopic (exact) mass is 292 g/mol. The molecule has 0 bridgehead atoms. The fourth-order valence-corrected chi connectivity index (χ4v) is 2.05. The maximum atomic E-state index is 12.0. The van der Waals surface area contributed by atoms with Crippen LogP contribution in [0.1, 0.15) is 0 Å². The third-order valence-electron chi connectivity index (χ3n) is 3.21. The molecule has 0 unspecified atom stereocenters. The number of amides is 2. The molecule has 0 atom stereocenters. The first-order valence-corrected chi connectivity index (χ1v) is 6.56. The van der Waals surface area contributed by atoms with Crippen LogP contribution in [0.4, 0.5) is 0 Å². The van der Waals surface area contributed by atoms with Crippen molar-refractivity contribution in [3.8, 4) is 5.75 Å². The minimum Gasteiger partial charge on any atom is -0.484 e. The number of carbonyl (C=O) groups excluding carboxylic acids is 2.